The lowest BCUT2D eigenvalue weighted by Crippen LogP contribution is -2.21. The maximum atomic E-state index is 11.5. The van der Waals surface area contributed by atoms with Crippen molar-refractivity contribution >= 4 is 16.7 Å². The number of nitrogens with zero attached hydrogens (tertiary/aromatic N) is 1. The Labute approximate surface area is 112 Å². The molecule has 19 heavy (non-hydrogen) atoms. The molecule has 0 saturated heterocycles. The Morgan fingerprint density at radius 1 is 1.26 bits per heavy atom. The van der Waals surface area contributed by atoms with Crippen LogP contribution in [0.5, 0.6) is 0 Å². The van der Waals surface area contributed by atoms with Crippen molar-refractivity contribution in [3.8, 4) is 0 Å². The molecule has 1 aromatic heterocycles. The van der Waals surface area contributed by atoms with E-state index >= 15 is 0 Å². The average Bonchev–Trinajstić information content (AvgIpc) is 2.38. The van der Waals surface area contributed by atoms with Crippen molar-refractivity contribution < 1.29 is 9.52 Å². The van der Waals surface area contributed by atoms with Crippen LogP contribution in [0.2, 0.25) is 0 Å². The summed E-state index contributed by atoms with van der Waals surface area (Å²) in [5.41, 5.74) is 1.72. The Morgan fingerprint density at radius 3 is 2.53 bits per heavy atom. The first-order valence-corrected chi connectivity index (χ1v) is 6.57. The van der Waals surface area contributed by atoms with E-state index in [0.29, 0.717) is 11.1 Å². The van der Waals surface area contributed by atoms with Gasteiger partial charge in [-0.25, -0.2) is 4.79 Å². The Hall–Kier alpha value is -1.81. The van der Waals surface area contributed by atoms with Gasteiger partial charge in [-0.3, -0.25) is 0 Å². The lowest BCUT2D eigenvalue weighted by atomic mass is 10.1. The number of rotatable bonds is 4. The SMILES string of the molecule is CCN(CC)c1ccc2c(C(C)O)cc(=O)oc2c1. The molecular weight excluding hydrogens is 242 g/mol. The number of fused-ring (bicyclic) bond motifs is 1. The largest absolute Gasteiger partial charge is 0.423 e. The highest BCUT2D eigenvalue weighted by atomic mass is 16.4. The summed E-state index contributed by atoms with van der Waals surface area (Å²) in [5.74, 6) is 0. The third-order valence-corrected chi connectivity index (χ3v) is 3.34. The van der Waals surface area contributed by atoms with Crippen LogP contribution in [0.1, 0.15) is 32.4 Å². The number of hydrogen-bond donors (Lipinski definition) is 1. The minimum absolute atomic E-state index is 0.430. The summed E-state index contributed by atoms with van der Waals surface area (Å²) in [6, 6.07) is 7.09. The topological polar surface area (TPSA) is 53.7 Å². The number of anilines is 1. The van der Waals surface area contributed by atoms with Crippen LogP contribution >= 0.6 is 0 Å². The third-order valence-electron chi connectivity index (χ3n) is 3.34. The summed E-state index contributed by atoms with van der Waals surface area (Å²) in [6.07, 6.45) is -0.689. The number of aliphatic hydroxyl groups is 1. The van der Waals surface area contributed by atoms with E-state index in [1.54, 1.807) is 6.92 Å². The lowest BCUT2D eigenvalue weighted by molar-refractivity contribution is 0.200. The second-order valence-electron chi connectivity index (χ2n) is 4.55. The summed E-state index contributed by atoms with van der Waals surface area (Å²) in [7, 11) is 0. The molecule has 0 radical (unpaired) electrons. The molecule has 0 aliphatic carbocycles. The Kier molecular flexibility index (Phi) is 3.90. The Morgan fingerprint density at radius 2 is 1.95 bits per heavy atom. The minimum Gasteiger partial charge on any atom is -0.423 e. The molecule has 1 aromatic carbocycles. The van der Waals surface area contributed by atoms with Crippen LogP contribution in [-0.4, -0.2) is 18.2 Å². The summed E-state index contributed by atoms with van der Waals surface area (Å²) in [4.78, 5) is 13.7. The highest BCUT2D eigenvalue weighted by Gasteiger charge is 2.11. The first-order valence-electron chi connectivity index (χ1n) is 6.57. The summed E-state index contributed by atoms with van der Waals surface area (Å²) in [5, 5.41) is 10.5. The molecule has 0 amide bonds. The molecule has 1 unspecified atom stereocenters. The first kappa shape index (κ1) is 13.6. The normalized spacial score (nSPS) is 12.6. The lowest BCUT2D eigenvalue weighted by Gasteiger charge is -2.21. The quantitative estimate of drug-likeness (QED) is 0.860. The van der Waals surface area contributed by atoms with Crippen molar-refractivity contribution in [1.82, 2.24) is 0 Å². The second kappa shape index (κ2) is 5.45. The van der Waals surface area contributed by atoms with Gasteiger partial charge in [0.05, 0.1) is 6.10 Å². The molecule has 0 aliphatic rings. The fraction of sp³-hybridized carbons (Fsp3) is 0.400. The first-order chi connectivity index (χ1) is 9.06. The predicted molar refractivity (Wildman–Crippen MR) is 76.7 cm³/mol. The summed E-state index contributed by atoms with van der Waals surface area (Å²) >= 11 is 0. The Bertz CT molecular complexity index is 627. The average molecular weight is 261 g/mol. The van der Waals surface area contributed by atoms with Gasteiger partial charge in [-0.05, 0) is 38.5 Å². The smallest absolute Gasteiger partial charge is 0.336 e. The number of aliphatic hydroxyl groups excluding tert-OH is 1. The van der Waals surface area contributed by atoms with E-state index in [2.05, 4.69) is 18.7 Å². The highest BCUT2D eigenvalue weighted by molar-refractivity contribution is 5.84. The van der Waals surface area contributed by atoms with Crippen molar-refractivity contribution in [2.75, 3.05) is 18.0 Å². The van der Waals surface area contributed by atoms with E-state index in [4.69, 9.17) is 4.42 Å². The zero-order chi connectivity index (χ0) is 14.0. The van der Waals surface area contributed by atoms with Crippen LogP contribution in [0.25, 0.3) is 11.0 Å². The molecular formula is C15H19NO3. The van der Waals surface area contributed by atoms with Crippen molar-refractivity contribution in [3.63, 3.8) is 0 Å². The van der Waals surface area contributed by atoms with Gasteiger partial charge < -0.3 is 14.4 Å². The maximum Gasteiger partial charge on any atom is 0.336 e. The van der Waals surface area contributed by atoms with Gasteiger partial charge >= 0.3 is 5.63 Å². The van der Waals surface area contributed by atoms with E-state index in [1.807, 2.05) is 18.2 Å². The zero-order valence-electron chi connectivity index (χ0n) is 11.5. The minimum atomic E-state index is -0.689. The van der Waals surface area contributed by atoms with Gasteiger partial charge in [0.1, 0.15) is 5.58 Å². The molecule has 4 nitrogen and oxygen atoms in total. The summed E-state index contributed by atoms with van der Waals surface area (Å²) in [6.45, 7) is 7.59. The van der Waals surface area contributed by atoms with Crippen molar-refractivity contribution in [2.45, 2.75) is 26.9 Å². The van der Waals surface area contributed by atoms with Crippen LogP contribution in [0.4, 0.5) is 5.69 Å². The fourth-order valence-electron chi connectivity index (χ4n) is 2.31. The summed E-state index contributed by atoms with van der Waals surface area (Å²) < 4.78 is 5.24. The number of benzene rings is 1. The molecule has 0 aliphatic heterocycles. The molecule has 0 saturated carbocycles. The highest BCUT2D eigenvalue weighted by Crippen LogP contribution is 2.26. The van der Waals surface area contributed by atoms with E-state index < -0.39 is 11.7 Å². The van der Waals surface area contributed by atoms with Gasteiger partial charge in [0, 0.05) is 36.3 Å². The van der Waals surface area contributed by atoms with Crippen molar-refractivity contribution in [1.29, 1.82) is 0 Å². The standard InChI is InChI=1S/C15H19NO3/c1-4-16(5-2)11-6-7-12-13(10(3)17)9-15(18)19-14(12)8-11/h6-10,17H,4-5H2,1-3H3. The molecule has 0 bridgehead atoms. The van der Waals surface area contributed by atoms with Gasteiger partial charge in [-0.2, -0.15) is 0 Å². The van der Waals surface area contributed by atoms with Gasteiger partial charge in [-0.15, -0.1) is 0 Å². The fourth-order valence-corrected chi connectivity index (χ4v) is 2.31. The van der Waals surface area contributed by atoms with Crippen LogP contribution in [0.3, 0.4) is 0 Å². The molecule has 1 heterocycles. The molecule has 1 atom stereocenters. The molecule has 0 spiro atoms. The molecule has 4 heteroatoms. The van der Waals surface area contributed by atoms with Crippen molar-refractivity contribution in [3.05, 3.63) is 40.2 Å². The van der Waals surface area contributed by atoms with Gasteiger partial charge in [0.2, 0.25) is 0 Å². The van der Waals surface area contributed by atoms with Crippen LogP contribution < -0.4 is 10.5 Å². The van der Waals surface area contributed by atoms with Crippen LogP contribution in [-0.2, 0) is 0 Å². The molecule has 2 aromatic rings. The van der Waals surface area contributed by atoms with Gasteiger partial charge in [-0.1, -0.05) is 0 Å². The molecule has 0 fully saturated rings. The van der Waals surface area contributed by atoms with E-state index in [9.17, 15) is 9.90 Å². The Balaban J connectivity index is 2.64. The third kappa shape index (κ3) is 2.63. The molecule has 1 N–H and O–H groups in total. The van der Waals surface area contributed by atoms with E-state index in [0.717, 1.165) is 24.2 Å². The zero-order valence-corrected chi connectivity index (χ0v) is 11.5. The van der Waals surface area contributed by atoms with Gasteiger partial charge in [0.25, 0.3) is 0 Å². The van der Waals surface area contributed by atoms with Gasteiger partial charge in [0.15, 0.2) is 0 Å². The van der Waals surface area contributed by atoms with Crippen LogP contribution in [0.15, 0.2) is 33.5 Å². The monoisotopic (exact) mass is 261 g/mol. The molecule has 102 valence electrons. The van der Waals surface area contributed by atoms with E-state index in [1.165, 1.54) is 6.07 Å². The molecule has 2 rings (SSSR count). The van der Waals surface area contributed by atoms with Crippen molar-refractivity contribution in [2.24, 2.45) is 0 Å². The predicted octanol–water partition coefficient (Wildman–Crippen LogP) is 2.69. The van der Waals surface area contributed by atoms with Crippen LogP contribution in [0, 0.1) is 0 Å². The van der Waals surface area contributed by atoms with E-state index in [-0.39, 0.29) is 0 Å². The number of hydrogen-bond acceptors (Lipinski definition) is 4. The second-order valence-corrected chi connectivity index (χ2v) is 4.55. The maximum absolute atomic E-state index is 11.5.